The van der Waals surface area contributed by atoms with Gasteiger partial charge < -0.3 is 14.7 Å². The van der Waals surface area contributed by atoms with E-state index in [4.69, 9.17) is 4.52 Å². The van der Waals surface area contributed by atoms with Crippen molar-refractivity contribution in [1.82, 2.24) is 30.6 Å². The fourth-order valence-corrected chi connectivity index (χ4v) is 3.54. The number of aromatic amines is 1. The van der Waals surface area contributed by atoms with Crippen LogP contribution in [0.2, 0.25) is 0 Å². The molecule has 9 heteroatoms. The molecule has 1 fully saturated rings. The van der Waals surface area contributed by atoms with E-state index in [9.17, 15) is 9.59 Å². The summed E-state index contributed by atoms with van der Waals surface area (Å²) in [5.41, 5.74) is 0.754. The molecule has 3 aromatic rings. The molecule has 1 aliphatic heterocycles. The maximum Gasteiger partial charge on any atom is 0.271 e. The normalized spacial score (nSPS) is 15.0. The van der Waals surface area contributed by atoms with E-state index >= 15 is 0 Å². The highest BCUT2D eigenvalue weighted by Crippen LogP contribution is 2.35. The van der Waals surface area contributed by atoms with Crippen LogP contribution in [-0.4, -0.2) is 50.1 Å². The highest BCUT2D eigenvalue weighted by molar-refractivity contribution is 5.95. The van der Waals surface area contributed by atoms with E-state index in [0.29, 0.717) is 43.3 Å². The number of likely N-dealkylation sites (tertiary alicyclic amines) is 1. The monoisotopic (exact) mass is 394 g/mol. The Balaban J connectivity index is 1.46. The second kappa shape index (κ2) is 7.86. The third kappa shape index (κ3) is 3.89. The Kier molecular flexibility index (Phi) is 5.11. The molecule has 9 nitrogen and oxygen atoms in total. The molecule has 0 bridgehead atoms. The van der Waals surface area contributed by atoms with Crippen LogP contribution in [0.25, 0.3) is 0 Å². The first-order valence-electron chi connectivity index (χ1n) is 9.52. The lowest BCUT2D eigenvalue weighted by molar-refractivity contribution is -0.139. The van der Waals surface area contributed by atoms with E-state index in [-0.39, 0.29) is 18.4 Å². The smallest absolute Gasteiger partial charge is 0.271 e. The van der Waals surface area contributed by atoms with Gasteiger partial charge in [0, 0.05) is 25.7 Å². The number of amides is 2. The SMILES string of the molecule is CCc1noc(CNC(=O)C2(Cc3ccccc3)CN(C(=O)c3ccn[nH]3)C2)n1. The van der Waals surface area contributed by atoms with Gasteiger partial charge in [-0.05, 0) is 18.1 Å². The largest absolute Gasteiger partial charge is 0.346 e. The van der Waals surface area contributed by atoms with Crippen LogP contribution in [0.4, 0.5) is 0 Å². The fraction of sp³-hybridized carbons (Fsp3) is 0.350. The molecule has 29 heavy (non-hydrogen) atoms. The number of rotatable bonds is 7. The maximum atomic E-state index is 13.1. The van der Waals surface area contributed by atoms with Crippen LogP contribution in [0.1, 0.15) is 34.7 Å². The maximum absolute atomic E-state index is 13.1. The summed E-state index contributed by atoms with van der Waals surface area (Å²) in [6, 6.07) is 11.4. The van der Waals surface area contributed by atoms with Crippen LogP contribution in [-0.2, 0) is 24.2 Å². The minimum absolute atomic E-state index is 0.133. The van der Waals surface area contributed by atoms with E-state index in [1.165, 1.54) is 6.20 Å². The number of nitrogens with zero attached hydrogens (tertiary/aromatic N) is 4. The summed E-state index contributed by atoms with van der Waals surface area (Å²) < 4.78 is 5.15. The zero-order valence-corrected chi connectivity index (χ0v) is 16.1. The third-order valence-corrected chi connectivity index (χ3v) is 5.10. The van der Waals surface area contributed by atoms with Crippen molar-refractivity contribution in [1.29, 1.82) is 0 Å². The van der Waals surface area contributed by atoms with Crippen LogP contribution >= 0.6 is 0 Å². The molecule has 2 aromatic heterocycles. The van der Waals surface area contributed by atoms with Gasteiger partial charge in [-0.3, -0.25) is 14.7 Å². The van der Waals surface area contributed by atoms with E-state index in [1.54, 1.807) is 11.0 Å². The van der Waals surface area contributed by atoms with Gasteiger partial charge in [-0.15, -0.1) is 0 Å². The number of benzene rings is 1. The molecule has 1 saturated heterocycles. The van der Waals surface area contributed by atoms with Crippen LogP contribution in [0.15, 0.2) is 47.1 Å². The first-order chi connectivity index (χ1) is 14.1. The van der Waals surface area contributed by atoms with Crippen molar-refractivity contribution in [2.24, 2.45) is 5.41 Å². The average Bonchev–Trinajstić information content (AvgIpc) is 3.40. The molecule has 0 saturated carbocycles. The van der Waals surface area contributed by atoms with Crippen molar-refractivity contribution in [2.45, 2.75) is 26.3 Å². The van der Waals surface area contributed by atoms with Crippen molar-refractivity contribution >= 4 is 11.8 Å². The Hall–Kier alpha value is -3.49. The number of nitrogens with one attached hydrogen (secondary N) is 2. The zero-order valence-electron chi connectivity index (χ0n) is 16.1. The summed E-state index contributed by atoms with van der Waals surface area (Å²) in [5, 5.41) is 13.2. The molecule has 4 rings (SSSR count). The summed E-state index contributed by atoms with van der Waals surface area (Å²) in [6.45, 7) is 2.75. The van der Waals surface area contributed by atoms with Gasteiger partial charge in [0.15, 0.2) is 5.82 Å². The molecule has 2 N–H and O–H groups in total. The number of carbonyl (C=O) groups is 2. The second-order valence-electron chi connectivity index (χ2n) is 7.21. The Labute approximate surface area is 167 Å². The van der Waals surface area contributed by atoms with Gasteiger partial charge in [0.2, 0.25) is 11.8 Å². The molecule has 1 aromatic carbocycles. The Morgan fingerprint density at radius 2 is 2.03 bits per heavy atom. The lowest BCUT2D eigenvalue weighted by Gasteiger charge is -2.48. The molecule has 0 atom stereocenters. The number of carbonyl (C=O) groups excluding carboxylic acids is 2. The van der Waals surface area contributed by atoms with E-state index in [0.717, 1.165) is 5.56 Å². The molecule has 0 spiro atoms. The summed E-state index contributed by atoms with van der Waals surface area (Å²) in [7, 11) is 0. The molecule has 2 amide bonds. The molecule has 150 valence electrons. The summed E-state index contributed by atoms with van der Waals surface area (Å²) >= 11 is 0. The summed E-state index contributed by atoms with van der Waals surface area (Å²) in [6.07, 6.45) is 2.74. The second-order valence-corrected chi connectivity index (χ2v) is 7.21. The molecular weight excluding hydrogens is 372 g/mol. The summed E-state index contributed by atoms with van der Waals surface area (Å²) in [4.78, 5) is 31.5. The molecular formula is C20H22N6O3. The highest BCUT2D eigenvalue weighted by atomic mass is 16.5. The number of aromatic nitrogens is 4. The number of hydrogen-bond donors (Lipinski definition) is 2. The Bertz CT molecular complexity index is 977. The quantitative estimate of drug-likeness (QED) is 0.625. The molecule has 0 aliphatic carbocycles. The Morgan fingerprint density at radius 3 is 2.69 bits per heavy atom. The van der Waals surface area contributed by atoms with Crippen molar-refractivity contribution in [3.8, 4) is 0 Å². The predicted molar refractivity (Wildman–Crippen MR) is 103 cm³/mol. The molecule has 3 heterocycles. The predicted octanol–water partition coefficient (Wildman–Crippen LogP) is 1.36. The fourth-order valence-electron chi connectivity index (χ4n) is 3.54. The van der Waals surface area contributed by atoms with Crippen molar-refractivity contribution in [3.05, 3.63) is 65.6 Å². The third-order valence-electron chi connectivity index (χ3n) is 5.10. The molecule has 0 radical (unpaired) electrons. The summed E-state index contributed by atoms with van der Waals surface area (Å²) in [5.74, 6) is 0.678. The molecule has 1 aliphatic rings. The number of hydrogen-bond acceptors (Lipinski definition) is 6. The van der Waals surface area contributed by atoms with Gasteiger partial charge in [-0.2, -0.15) is 10.1 Å². The number of aryl methyl sites for hydroxylation is 1. The van der Waals surface area contributed by atoms with Gasteiger partial charge in [-0.1, -0.05) is 42.4 Å². The minimum atomic E-state index is -0.704. The van der Waals surface area contributed by atoms with Crippen LogP contribution in [0, 0.1) is 5.41 Å². The topological polar surface area (TPSA) is 117 Å². The van der Waals surface area contributed by atoms with Crippen molar-refractivity contribution in [2.75, 3.05) is 13.1 Å². The van der Waals surface area contributed by atoms with E-state index in [2.05, 4.69) is 25.7 Å². The van der Waals surface area contributed by atoms with E-state index < -0.39 is 5.41 Å². The number of H-pyrrole nitrogens is 1. The van der Waals surface area contributed by atoms with E-state index in [1.807, 2.05) is 37.3 Å². The first-order valence-corrected chi connectivity index (χ1v) is 9.52. The van der Waals surface area contributed by atoms with Crippen LogP contribution in [0.3, 0.4) is 0 Å². The van der Waals surface area contributed by atoms with Gasteiger partial charge in [0.25, 0.3) is 5.91 Å². The van der Waals surface area contributed by atoms with Gasteiger partial charge in [-0.25, -0.2) is 0 Å². The Morgan fingerprint density at radius 1 is 1.24 bits per heavy atom. The molecule has 0 unspecified atom stereocenters. The lowest BCUT2D eigenvalue weighted by Crippen LogP contribution is -2.65. The zero-order chi connectivity index (χ0) is 20.3. The highest BCUT2D eigenvalue weighted by Gasteiger charge is 2.51. The van der Waals surface area contributed by atoms with Crippen LogP contribution in [0.5, 0.6) is 0 Å². The average molecular weight is 394 g/mol. The van der Waals surface area contributed by atoms with Gasteiger partial charge in [0.1, 0.15) is 5.69 Å². The standard InChI is InChI=1S/C20H22N6O3/c1-2-16-23-17(29-25-16)11-21-19(28)20(10-14-6-4-3-5-7-14)12-26(13-20)18(27)15-8-9-22-24-15/h3-9H,2,10-13H2,1H3,(H,21,28)(H,22,24). The van der Waals surface area contributed by atoms with Crippen molar-refractivity contribution < 1.29 is 14.1 Å². The van der Waals surface area contributed by atoms with Gasteiger partial charge in [0.05, 0.1) is 12.0 Å². The van der Waals surface area contributed by atoms with Crippen molar-refractivity contribution in [3.63, 3.8) is 0 Å². The minimum Gasteiger partial charge on any atom is -0.346 e. The van der Waals surface area contributed by atoms with Gasteiger partial charge >= 0.3 is 0 Å². The van der Waals surface area contributed by atoms with Crippen LogP contribution < -0.4 is 5.32 Å². The lowest BCUT2D eigenvalue weighted by atomic mass is 9.73. The first kappa shape index (κ1) is 18.9.